The van der Waals surface area contributed by atoms with E-state index in [-0.39, 0.29) is 12.8 Å². The molecule has 0 aromatic rings. The average molecular weight is 207 g/mol. The van der Waals surface area contributed by atoms with Gasteiger partial charge in [-0.25, -0.2) is 8.78 Å². The van der Waals surface area contributed by atoms with Gasteiger partial charge >= 0.3 is 0 Å². The van der Waals surface area contributed by atoms with E-state index in [4.69, 9.17) is 0 Å². The number of aliphatic hydroxyl groups is 1. The van der Waals surface area contributed by atoms with Crippen molar-refractivity contribution in [2.45, 2.75) is 38.2 Å². The Hall–Kier alpha value is -0.710. The molecule has 0 unspecified atom stereocenters. The standard InChI is InChI=1S/C9H15F2NO2/c1-8(2,14)7(13)12-5-3-4-9(10,11)6-12/h14H,3-6H2,1-2H3. The molecule has 0 spiro atoms. The van der Waals surface area contributed by atoms with Crippen LogP contribution in [0.15, 0.2) is 0 Å². The SMILES string of the molecule is CC(C)(O)C(=O)N1CCCC(F)(F)C1. The summed E-state index contributed by atoms with van der Waals surface area (Å²) < 4.78 is 25.9. The van der Waals surface area contributed by atoms with Crippen LogP contribution < -0.4 is 0 Å². The lowest BCUT2D eigenvalue weighted by atomic mass is 10.0. The highest BCUT2D eigenvalue weighted by Gasteiger charge is 2.40. The van der Waals surface area contributed by atoms with Gasteiger partial charge in [-0.3, -0.25) is 4.79 Å². The Morgan fingerprint density at radius 2 is 2.07 bits per heavy atom. The van der Waals surface area contributed by atoms with Crippen molar-refractivity contribution < 1.29 is 18.7 Å². The third kappa shape index (κ3) is 2.64. The summed E-state index contributed by atoms with van der Waals surface area (Å²) in [5, 5.41) is 9.37. The Bertz CT molecular complexity index is 235. The summed E-state index contributed by atoms with van der Waals surface area (Å²) >= 11 is 0. The fourth-order valence-electron chi connectivity index (χ4n) is 1.53. The number of halogens is 2. The fourth-order valence-corrected chi connectivity index (χ4v) is 1.53. The third-order valence-electron chi connectivity index (χ3n) is 2.20. The molecule has 1 amide bonds. The molecule has 1 rings (SSSR count). The number of hydrogen-bond acceptors (Lipinski definition) is 2. The van der Waals surface area contributed by atoms with Crippen LogP contribution in [0.3, 0.4) is 0 Å². The molecule has 1 fully saturated rings. The number of piperidine rings is 1. The molecule has 0 aromatic heterocycles. The molecule has 0 bridgehead atoms. The van der Waals surface area contributed by atoms with Crippen LogP contribution in [-0.2, 0) is 4.79 Å². The maximum Gasteiger partial charge on any atom is 0.265 e. The van der Waals surface area contributed by atoms with Gasteiger partial charge in [0.15, 0.2) is 0 Å². The molecule has 1 heterocycles. The number of likely N-dealkylation sites (tertiary alicyclic amines) is 1. The minimum Gasteiger partial charge on any atom is -0.381 e. The smallest absolute Gasteiger partial charge is 0.265 e. The number of alkyl halides is 2. The molecule has 14 heavy (non-hydrogen) atoms. The third-order valence-corrected chi connectivity index (χ3v) is 2.20. The van der Waals surface area contributed by atoms with Gasteiger partial charge in [0.2, 0.25) is 0 Å². The van der Waals surface area contributed by atoms with Crippen LogP contribution in [-0.4, -0.2) is 40.5 Å². The van der Waals surface area contributed by atoms with Crippen molar-refractivity contribution >= 4 is 5.91 Å². The topological polar surface area (TPSA) is 40.5 Å². The summed E-state index contributed by atoms with van der Waals surface area (Å²) in [4.78, 5) is 12.5. The molecule has 0 atom stereocenters. The minimum atomic E-state index is -2.81. The molecule has 1 aliphatic heterocycles. The second kappa shape index (κ2) is 3.46. The molecule has 0 radical (unpaired) electrons. The molecule has 1 aliphatic rings. The highest BCUT2D eigenvalue weighted by atomic mass is 19.3. The summed E-state index contributed by atoms with van der Waals surface area (Å²) in [5.41, 5.74) is -1.56. The fraction of sp³-hybridized carbons (Fsp3) is 0.889. The predicted molar refractivity (Wildman–Crippen MR) is 47.1 cm³/mol. The molecule has 3 nitrogen and oxygen atoms in total. The lowest BCUT2D eigenvalue weighted by Gasteiger charge is -2.35. The van der Waals surface area contributed by atoms with Gasteiger partial charge in [0, 0.05) is 13.0 Å². The van der Waals surface area contributed by atoms with Crippen molar-refractivity contribution in [1.29, 1.82) is 0 Å². The summed E-state index contributed by atoms with van der Waals surface area (Å²) in [6, 6.07) is 0. The van der Waals surface area contributed by atoms with E-state index in [1.54, 1.807) is 0 Å². The van der Waals surface area contributed by atoms with E-state index < -0.39 is 24.0 Å². The van der Waals surface area contributed by atoms with Crippen LogP contribution in [0.5, 0.6) is 0 Å². The van der Waals surface area contributed by atoms with Crippen LogP contribution in [0.4, 0.5) is 8.78 Å². The first-order chi connectivity index (χ1) is 6.22. The number of rotatable bonds is 1. The summed E-state index contributed by atoms with van der Waals surface area (Å²) in [5.74, 6) is -3.43. The van der Waals surface area contributed by atoms with Crippen LogP contribution in [0.25, 0.3) is 0 Å². The summed E-state index contributed by atoms with van der Waals surface area (Å²) in [6.07, 6.45) is 0.109. The van der Waals surface area contributed by atoms with Crippen molar-refractivity contribution in [3.63, 3.8) is 0 Å². The molecule has 0 aromatic carbocycles. The lowest BCUT2D eigenvalue weighted by Crippen LogP contribution is -2.52. The van der Waals surface area contributed by atoms with E-state index in [0.29, 0.717) is 6.54 Å². The van der Waals surface area contributed by atoms with Gasteiger partial charge in [-0.15, -0.1) is 0 Å². The minimum absolute atomic E-state index is 0.178. The van der Waals surface area contributed by atoms with Crippen LogP contribution in [0, 0.1) is 0 Å². The van der Waals surface area contributed by atoms with Crippen molar-refractivity contribution in [3.8, 4) is 0 Å². The zero-order valence-electron chi connectivity index (χ0n) is 8.39. The number of carbonyl (C=O) groups excluding carboxylic acids is 1. The normalized spacial score (nSPS) is 22.2. The number of nitrogens with zero attached hydrogens (tertiary/aromatic N) is 1. The quantitative estimate of drug-likeness (QED) is 0.697. The zero-order chi connectivity index (χ0) is 11.0. The predicted octanol–water partition coefficient (Wildman–Crippen LogP) is 1.01. The number of carbonyl (C=O) groups is 1. The zero-order valence-corrected chi connectivity index (χ0v) is 8.39. The highest BCUT2D eigenvalue weighted by molar-refractivity contribution is 5.84. The van der Waals surface area contributed by atoms with Gasteiger partial charge in [-0.05, 0) is 20.3 Å². The maximum atomic E-state index is 12.9. The number of hydrogen-bond donors (Lipinski definition) is 1. The van der Waals surface area contributed by atoms with Crippen LogP contribution in [0.1, 0.15) is 26.7 Å². The van der Waals surface area contributed by atoms with Crippen molar-refractivity contribution in [2.24, 2.45) is 0 Å². The second-order valence-electron chi connectivity index (χ2n) is 4.25. The Balaban J connectivity index is 2.66. The Labute approximate surface area is 81.7 Å². The van der Waals surface area contributed by atoms with Gasteiger partial charge in [0.1, 0.15) is 5.60 Å². The van der Waals surface area contributed by atoms with Crippen molar-refractivity contribution in [1.82, 2.24) is 4.90 Å². The van der Waals surface area contributed by atoms with E-state index in [1.165, 1.54) is 13.8 Å². The monoisotopic (exact) mass is 207 g/mol. The molecule has 82 valence electrons. The molecule has 1 N–H and O–H groups in total. The van der Waals surface area contributed by atoms with Crippen molar-refractivity contribution in [2.75, 3.05) is 13.1 Å². The Morgan fingerprint density at radius 3 is 2.50 bits per heavy atom. The molecule has 0 aliphatic carbocycles. The van der Waals surface area contributed by atoms with Gasteiger partial charge in [-0.2, -0.15) is 0 Å². The second-order valence-corrected chi connectivity index (χ2v) is 4.25. The van der Waals surface area contributed by atoms with Gasteiger partial charge in [-0.1, -0.05) is 0 Å². The first-order valence-corrected chi connectivity index (χ1v) is 4.62. The van der Waals surface area contributed by atoms with Crippen LogP contribution >= 0.6 is 0 Å². The maximum absolute atomic E-state index is 12.9. The Morgan fingerprint density at radius 1 is 1.50 bits per heavy atom. The summed E-state index contributed by atoms with van der Waals surface area (Å²) in [7, 11) is 0. The van der Waals surface area contributed by atoms with E-state index in [9.17, 15) is 18.7 Å². The number of amides is 1. The average Bonchev–Trinajstić information content (AvgIpc) is 1.99. The largest absolute Gasteiger partial charge is 0.381 e. The first-order valence-electron chi connectivity index (χ1n) is 4.62. The molecule has 5 heteroatoms. The molecular weight excluding hydrogens is 192 g/mol. The molecule has 1 saturated heterocycles. The highest BCUT2D eigenvalue weighted by Crippen LogP contribution is 2.27. The summed E-state index contributed by atoms with van der Waals surface area (Å²) in [6.45, 7) is 2.35. The van der Waals surface area contributed by atoms with Crippen LogP contribution in [0.2, 0.25) is 0 Å². The molecular formula is C9H15F2NO2. The van der Waals surface area contributed by atoms with Gasteiger partial charge < -0.3 is 10.0 Å². The van der Waals surface area contributed by atoms with Gasteiger partial charge in [0.05, 0.1) is 6.54 Å². The Kier molecular flexibility index (Phi) is 2.81. The van der Waals surface area contributed by atoms with E-state index in [2.05, 4.69) is 0 Å². The lowest BCUT2D eigenvalue weighted by molar-refractivity contribution is -0.157. The molecule has 0 saturated carbocycles. The van der Waals surface area contributed by atoms with Gasteiger partial charge in [0.25, 0.3) is 11.8 Å². The van der Waals surface area contributed by atoms with Crippen molar-refractivity contribution in [3.05, 3.63) is 0 Å². The van der Waals surface area contributed by atoms with E-state index >= 15 is 0 Å². The first kappa shape index (κ1) is 11.4. The van der Waals surface area contributed by atoms with E-state index in [1.807, 2.05) is 0 Å². The van der Waals surface area contributed by atoms with E-state index in [0.717, 1.165) is 4.90 Å².